The second-order valence-corrected chi connectivity index (χ2v) is 4.18. The number of furan rings is 2. The Morgan fingerprint density at radius 2 is 2.15 bits per heavy atom. The van der Waals surface area contributed by atoms with E-state index in [9.17, 15) is 4.79 Å². The molecule has 100 valence electrons. The van der Waals surface area contributed by atoms with Gasteiger partial charge in [0.25, 0.3) is 5.91 Å². The number of aromatic nitrogens is 1. The molecule has 0 aliphatic rings. The van der Waals surface area contributed by atoms with Crippen LogP contribution >= 0.6 is 0 Å². The molecule has 5 heteroatoms. The molecule has 1 amide bonds. The Morgan fingerprint density at radius 3 is 2.90 bits per heavy atom. The van der Waals surface area contributed by atoms with Crippen molar-refractivity contribution in [3.8, 4) is 11.5 Å². The van der Waals surface area contributed by atoms with Crippen molar-refractivity contribution in [3.63, 3.8) is 0 Å². The zero-order chi connectivity index (χ0) is 13.8. The van der Waals surface area contributed by atoms with Crippen molar-refractivity contribution < 1.29 is 13.6 Å². The van der Waals surface area contributed by atoms with Gasteiger partial charge in [-0.2, -0.15) is 0 Å². The molecule has 0 aliphatic carbocycles. The minimum Gasteiger partial charge on any atom is -0.472 e. The van der Waals surface area contributed by atoms with Crippen molar-refractivity contribution in [2.45, 2.75) is 6.54 Å². The lowest BCUT2D eigenvalue weighted by Crippen LogP contribution is -2.22. The zero-order valence-electron chi connectivity index (χ0n) is 10.6. The number of pyridine rings is 1. The van der Waals surface area contributed by atoms with Crippen molar-refractivity contribution in [1.82, 2.24) is 10.3 Å². The van der Waals surface area contributed by atoms with Gasteiger partial charge in [-0.25, -0.2) is 0 Å². The van der Waals surface area contributed by atoms with Crippen LogP contribution in [0.25, 0.3) is 11.5 Å². The summed E-state index contributed by atoms with van der Waals surface area (Å²) in [7, 11) is 0. The van der Waals surface area contributed by atoms with Gasteiger partial charge in [-0.15, -0.1) is 0 Å². The van der Waals surface area contributed by atoms with E-state index in [0.29, 0.717) is 17.9 Å². The van der Waals surface area contributed by atoms with E-state index in [1.165, 1.54) is 12.5 Å². The molecule has 3 rings (SSSR count). The first kappa shape index (κ1) is 12.2. The topological polar surface area (TPSA) is 68.3 Å². The highest BCUT2D eigenvalue weighted by molar-refractivity contribution is 5.93. The predicted octanol–water partition coefficient (Wildman–Crippen LogP) is 2.86. The van der Waals surface area contributed by atoms with E-state index in [4.69, 9.17) is 8.83 Å². The van der Waals surface area contributed by atoms with Crippen molar-refractivity contribution in [2.75, 3.05) is 0 Å². The van der Waals surface area contributed by atoms with E-state index in [-0.39, 0.29) is 5.91 Å². The summed E-state index contributed by atoms with van der Waals surface area (Å²) in [5.74, 6) is 0.492. The highest BCUT2D eigenvalue weighted by Crippen LogP contribution is 2.21. The molecule has 1 N–H and O–H groups in total. The first-order valence-corrected chi connectivity index (χ1v) is 6.13. The smallest absolute Gasteiger partial charge is 0.254 e. The largest absolute Gasteiger partial charge is 0.472 e. The van der Waals surface area contributed by atoms with E-state index in [2.05, 4.69) is 10.3 Å². The second kappa shape index (κ2) is 5.44. The van der Waals surface area contributed by atoms with Gasteiger partial charge in [0.05, 0.1) is 18.1 Å². The molecule has 0 bridgehead atoms. The molecular weight excluding hydrogens is 256 g/mol. The highest BCUT2D eigenvalue weighted by Gasteiger charge is 2.11. The Balaban J connectivity index is 1.77. The summed E-state index contributed by atoms with van der Waals surface area (Å²) in [6.45, 7) is 0.369. The SMILES string of the molecule is O=C(NCc1cccnc1-c1ccco1)c1ccoc1. The van der Waals surface area contributed by atoms with Crippen molar-refractivity contribution >= 4 is 5.91 Å². The molecule has 0 fully saturated rings. The summed E-state index contributed by atoms with van der Waals surface area (Å²) < 4.78 is 10.2. The first-order valence-electron chi connectivity index (χ1n) is 6.13. The minimum atomic E-state index is -0.187. The van der Waals surface area contributed by atoms with Crippen LogP contribution in [0.4, 0.5) is 0 Å². The van der Waals surface area contributed by atoms with Crippen molar-refractivity contribution in [2.24, 2.45) is 0 Å². The lowest BCUT2D eigenvalue weighted by Gasteiger charge is -2.07. The monoisotopic (exact) mass is 268 g/mol. The average molecular weight is 268 g/mol. The summed E-state index contributed by atoms with van der Waals surface area (Å²) >= 11 is 0. The number of nitrogens with one attached hydrogen (secondary N) is 1. The minimum absolute atomic E-state index is 0.187. The molecule has 0 radical (unpaired) electrons. The van der Waals surface area contributed by atoms with Gasteiger partial charge < -0.3 is 14.2 Å². The number of hydrogen-bond donors (Lipinski definition) is 1. The van der Waals surface area contributed by atoms with Crippen LogP contribution in [0.1, 0.15) is 15.9 Å². The maximum atomic E-state index is 11.9. The Kier molecular flexibility index (Phi) is 3.33. The van der Waals surface area contributed by atoms with Crippen LogP contribution in [0.2, 0.25) is 0 Å². The Hall–Kier alpha value is -2.82. The van der Waals surface area contributed by atoms with E-state index in [1.807, 2.05) is 18.2 Å². The summed E-state index contributed by atoms with van der Waals surface area (Å²) in [6.07, 6.45) is 6.16. The Labute approximate surface area is 115 Å². The molecule has 0 atom stereocenters. The molecule has 0 aliphatic heterocycles. The number of hydrogen-bond acceptors (Lipinski definition) is 4. The molecule has 3 heterocycles. The van der Waals surface area contributed by atoms with Crippen molar-refractivity contribution in [1.29, 1.82) is 0 Å². The van der Waals surface area contributed by atoms with Crippen molar-refractivity contribution in [3.05, 3.63) is 66.4 Å². The van der Waals surface area contributed by atoms with Gasteiger partial charge >= 0.3 is 0 Å². The van der Waals surface area contributed by atoms with E-state index < -0.39 is 0 Å². The maximum Gasteiger partial charge on any atom is 0.254 e. The quantitative estimate of drug-likeness (QED) is 0.790. The number of carbonyl (C=O) groups excluding carboxylic acids is 1. The summed E-state index contributed by atoms with van der Waals surface area (Å²) in [4.78, 5) is 16.2. The van der Waals surface area contributed by atoms with Crippen LogP contribution in [0, 0.1) is 0 Å². The zero-order valence-corrected chi connectivity index (χ0v) is 10.6. The van der Waals surface area contributed by atoms with Crippen LogP contribution < -0.4 is 5.32 Å². The summed E-state index contributed by atoms with van der Waals surface area (Å²) in [5.41, 5.74) is 2.11. The van der Waals surface area contributed by atoms with E-state index in [0.717, 1.165) is 11.3 Å². The Morgan fingerprint density at radius 1 is 1.20 bits per heavy atom. The summed E-state index contributed by atoms with van der Waals surface area (Å²) in [6, 6.07) is 8.99. The first-order chi connectivity index (χ1) is 9.84. The molecule has 5 nitrogen and oxygen atoms in total. The van der Waals surface area contributed by atoms with Crippen LogP contribution in [-0.4, -0.2) is 10.9 Å². The predicted molar refractivity (Wildman–Crippen MR) is 71.8 cm³/mol. The lowest BCUT2D eigenvalue weighted by atomic mass is 10.1. The fourth-order valence-electron chi connectivity index (χ4n) is 1.89. The molecule has 3 aromatic heterocycles. The third-order valence-corrected chi connectivity index (χ3v) is 2.87. The third kappa shape index (κ3) is 2.47. The van der Waals surface area contributed by atoms with Crippen LogP contribution in [0.15, 0.2) is 64.2 Å². The van der Waals surface area contributed by atoms with Gasteiger partial charge in [-0.1, -0.05) is 6.07 Å². The molecule has 0 saturated carbocycles. The average Bonchev–Trinajstić information content (AvgIpc) is 3.17. The molecule has 0 spiro atoms. The number of rotatable bonds is 4. The van der Waals surface area contributed by atoms with E-state index >= 15 is 0 Å². The van der Waals surface area contributed by atoms with Gasteiger partial charge in [0.1, 0.15) is 12.0 Å². The third-order valence-electron chi connectivity index (χ3n) is 2.87. The molecule has 0 saturated heterocycles. The molecule has 0 unspecified atom stereocenters. The van der Waals surface area contributed by atoms with Gasteiger partial charge in [-0.3, -0.25) is 9.78 Å². The number of nitrogens with zero attached hydrogens (tertiary/aromatic N) is 1. The summed E-state index contributed by atoms with van der Waals surface area (Å²) in [5, 5.41) is 2.82. The van der Waals surface area contributed by atoms with Crippen LogP contribution in [0.5, 0.6) is 0 Å². The number of carbonyl (C=O) groups is 1. The van der Waals surface area contributed by atoms with E-state index in [1.54, 1.807) is 24.6 Å². The van der Waals surface area contributed by atoms with Gasteiger partial charge in [0, 0.05) is 18.3 Å². The highest BCUT2D eigenvalue weighted by atomic mass is 16.3. The normalized spacial score (nSPS) is 10.4. The second-order valence-electron chi connectivity index (χ2n) is 4.18. The molecule has 0 aromatic carbocycles. The fourth-order valence-corrected chi connectivity index (χ4v) is 1.89. The van der Waals surface area contributed by atoms with Gasteiger partial charge in [0.15, 0.2) is 5.76 Å². The van der Waals surface area contributed by atoms with Crippen LogP contribution in [-0.2, 0) is 6.54 Å². The molecule has 20 heavy (non-hydrogen) atoms. The maximum absolute atomic E-state index is 11.9. The van der Waals surface area contributed by atoms with Gasteiger partial charge in [-0.05, 0) is 24.3 Å². The fraction of sp³-hybridized carbons (Fsp3) is 0.0667. The Bertz CT molecular complexity index is 688. The molecule has 3 aromatic rings. The lowest BCUT2D eigenvalue weighted by molar-refractivity contribution is 0.0950. The standard InChI is InChI=1S/C15H12N2O3/c18-15(12-5-8-19-10-12)17-9-11-3-1-6-16-14(11)13-4-2-7-20-13/h1-8,10H,9H2,(H,17,18). The van der Waals surface area contributed by atoms with Crippen LogP contribution in [0.3, 0.4) is 0 Å². The van der Waals surface area contributed by atoms with Gasteiger partial charge in [0.2, 0.25) is 0 Å². The number of amides is 1. The molecular formula is C15H12N2O3.